The minimum absolute atomic E-state index is 0.103. The van der Waals surface area contributed by atoms with Crippen molar-refractivity contribution in [1.82, 2.24) is 15.2 Å². The number of carbonyl (C=O) groups excluding carboxylic acids is 1. The van der Waals surface area contributed by atoms with E-state index in [-0.39, 0.29) is 11.2 Å². The molecule has 2 aliphatic rings. The summed E-state index contributed by atoms with van der Waals surface area (Å²) in [5.41, 5.74) is 2.18. The highest BCUT2D eigenvalue weighted by molar-refractivity contribution is 8.15. The molecule has 4 heterocycles. The Morgan fingerprint density at radius 3 is 2.69 bits per heavy atom. The Morgan fingerprint density at radius 1 is 1.20 bits per heavy atom. The minimum Gasteiger partial charge on any atom is -0.351 e. The van der Waals surface area contributed by atoms with Crippen molar-refractivity contribution in [3.63, 3.8) is 0 Å². The number of nitrogens with one attached hydrogen (secondary N) is 2. The summed E-state index contributed by atoms with van der Waals surface area (Å²) in [6.45, 7) is 6.28. The van der Waals surface area contributed by atoms with E-state index in [1.54, 1.807) is 42.4 Å². The maximum Gasteiger partial charge on any atom is 0.273 e. The summed E-state index contributed by atoms with van der Waals surface area (Å²) in [5, 5.41) is 7.09. The monoisotopic (exact) mass is 531 g/mol. The number of aromatic amines is 1. The van der Waals surface area contributed by atoms with Crippen LogP contribution in [-0.4, -0.2) is 73.3 Å². The Hall–Kier alpha value is -2.34. The fourth-order valence-corrected chi connectivity index (χ4v) is 8.16. The van der Waals surface area contributed by atoms with E-state index in [2.05, 4.69) is 24.1 Å². The summed E-state index contributed by atoms with van der Waals surface area (Å²) in [7, 11) is -2.07. The van der Waals surface area contributed by atoms with Gasteiger partial charge in [-0.3, -0.25) is 14.1 Å². The molecule has 11 heteroatoms. The predicted molar refractivity (Wildman–Crippen MR) is 144 cm³/mol. The van der Waals surface area contributed by atoms with Crippen LogP contribution >= 0.6 is 23.1 Å². The van der Waals surface area contributed by atoms with Gasteiger partial charge >= 0.3 is 0 Å². The highest BCUT2D eigenvalue weighted by Gasteiger charge is 2.30. The number of nitrogens with zero attached hydrogens (tertiary/aromatic N) is 3. The third-order valence-corrected chi connectivity index (χ3v) is 10.7. The van der Waals surface area contributed by atoms with E-state index < -0.39 is 10.0 Å². The van der Waals surface area contributed by atoms with E-state index in [9.17, 15) is 13.2 Å². The third-order valence-electron chi connectivity index (χ3n) is 6.34. The molecular weight excluding hydrogens is 502 g/mol. The van der Waals surface area contributed by atoms with E-state index in [4.69, 9.17) is 4.99 Å². The first-order chi connectivity index (χ1) is 16.7. The number of benzene rings is 1. The molecule has 2 aliphatic heterocycles. The van der Waals surface area contributed by atoms with Crippen molar-refractivity contribution in [2.24, 2.45) is 4.99 Å². The second-order valence-electron chi connectivity index (χ2n) is 9.19. The average Bonchev–Trinajstić information content (AvgIpc) is 3.58. The van der Waals surface area contributed by atoms with Crippen molar-refractivity contribution in [1.29, 1.82) is 0 Å². The van der Waals surface area contributed by atoms with E-state index in [1.807, 2.05) is 23.1 Å². The zero-order valence-electron chi connectivity index (χ0n) is 19.9. The molecule has 2 aromatic heterocycles. The molecule has 3 aromatic rings. The maximum atomic E-state index is 13.1. The predicted octanol–water partition coefficient (Wildman–Crippen LogP) is 3.52. The topological polar surface area (TPSA) is 97.9 Å². The van der Waals surface area contributed by atoms with Crippen LogP contribution in [-0.2, 0) is 14.8 Å². The SMILES string of the molecule is CC1CN(C(=O)CC2CN=C(c3cc4cccc(N(C)S(=O)(=O)c5cccs5)c4[nH]3)S2)CC(C)N1. The van der Waals surface area contributed by atoms with Gasteiger partial charge in [0.05, 0.1) is 23.4 Å². The summed E-state index contributed by atoms with van der Waals surface area (Å²) in [5.74, 6) is 0.179. The van der Waals surface area contributed by atoms with Crippen LogP contribution in [0.4, 0.5) is 5.69 Å². The number of thioether (sulfide) groups is 1. The number of hydrogen-bond donors (Lipinski definition) is 2. The first kappa shape index (κ1) is 24.4. The molecule has 0 saturated carbocycles. The van der Waals surface area contributed by atoms with Gasteiger partial charge in [0.15, 0.2) is 0 Å². The Bertz CT molecular complexity index is 1360. The van der Waals surface area contributed by atoms with Crippen molar-refractivity contribution >= 4 is 60.7 Å². The molecule has 1 fully saturated rings. The summed E-state index contributed by atoms with van der Waals surface area (Å²) in [6, 6.07) is 11.6. The Kier molecular flexibility index (Phi) is 6.69. The molecule has 3 unspecified atom stereocenters. The highest BCUT2D eigenvalue weighted by atomic mass is 32.2. The molecule has 1 amide bonds. The number of amides is 1. The number of aromatic nitrogens is 1. The van der Waals surface area contributed by atoms with Crippen molar-refractivity contribution in [2.45, 2.75) is 41.8 Å². The van der Waals surface area contributed by atoms with E-state index in [0.717, 1.165) is 34.7 Å². The van der Waals surface area contributed by atoms with Crippen LogP contribution in [0.15, 0.2) is 51.0 Å². The standard InChI is InChI=1S/C24H29N5O3S3/c1-15-13-29(14-16(2)26-15)21(30)11-18-12-25-24(34-18)19-10-17-6-4-7-20(23(17)27-19)28(3)35(31,32)22-8-5-9-33-22/h4-10,15-16,18,26-27H,11-14H2,1-3H3. The summed E-state index contributed by atoms with van der Waals surface area (Å²) < 4.78 is 27.8. The maximum absolute atomic E-state index is 13.1. The Morgan fingerprint density at radius 2 is 1.97 bits per heavy atom. The number of rotatable bonds is 6. The molecule has 35 heavy (non-hydrogen) atoms. The first-order valence-corrected chi connectivity index (χ1v) is 14.8. The van der Waals surface area contributed by atoms with Gasteiger partial charge in [0.25, 0.3) is 10.0 Å². The summed E-state index contributed by atoms with van der Waals surface area (Å²) >= 11 is 2.82. The normalized spacial score (nSPS) is 23.0. The second kappa shape index (κ2) is 9.61. The molecule has 8 nitrogen and oxygen atoms in total. The quantitative estimate of drug-likeness (QED) is 0.507. The average molecular weight is 532 g/mol. The zero-order valence-corrected chi connectivity index (χ0v) is 22.3. The van der Waals surface area contributed by atoms with Gasteiger partial charge < -0.3 is 15.2 Å². The number of piperazine rings is 1. The van der Waals surface area contributed by atoms with Gasteiger partial charge in [0.2, 0.25) is 5.91 Å². The lowest BCUT2D eigenvalue weighted by Crippen LogP contribution is -2.56. The van der Waals surface area contributed by atoms with Gasteiger partial charge in [-0.25, -0.2) is 8.42 Å². The summed E-state index contributed by atoms with van der Waals surface area (Å²) in [6.07, 6.45) is 0.463. The number of carbonyl (C=O) groups is 1. The molecule has 1 aromatic carbocycles. The highest BCUT2D eigenvalue weighted by Crippen LogP contribution is 2.34. The van der Waals surface area contributed by atoms with Crippen LogP contribution in [0.1, 0.15) is 26.0 Å². The van der Waals surface area contributed by atoms with Crippen LogP contribution in [0.3, 0.4) is 0 Å². The largest absolute Gasteiger partial charge is 0.351 e. The molecule has 0 radical (unpaired) electrons. The number of sulfonamides is 1. The smallest absolute Gasteiger partial charge is 0.273 e. The molecule has 0 aliphatic carbocycles. The van der Waals surface area contributed by atoms with E-state index in [0.29, 0.717) is 34.9 Å². The lowest BCUT2D eigenvalue weighted by molar-refractivity contribution is -0.132. The first-order valence-electron chi connectivity index (χ1n) is 11.6. The zero-order chi connectivity index (χ0) is 24.7. The van der Waals surface area contributed by atoms with Gasteiger partial charge in [-0.1, -0.05) is 30.0 Å². The molecular formula is C24H29N5O3S3. The fraction of sp³-hybridized carbons (Fsp3) is 0.417. The summed E-state index contributed by atoms with van der Waals surface area (Å²) in [4.78, 5) is 23.0. The van der Waals surface area contributed by atoms with Crippen LogP contribution in [0.2, 0.25) is 0 Å². The van der Waals surface area contributed by atoms with E-state index in [1.165, 1.54) is 15.6 Å². The lowest BCUT2D eigenvalue weighted by Gasteiger charge is -2.36. The van der Waals surface area contributed by atoms with Crippen LogP contribution in [0, 0.1) is 0 Å². The Labute approximate surface area is 213 Å². The number of aliphatic imine (C=N–C) groups is 1. The second-order valence-corrected chi connectivity index (χ2v) is 13.6. The minimum atomic E-state index is -3.64. The number of thiophene rings is 1. The molecule has 186 valence electrons. The van der Waals surface area contributed by atoms with Crippen LogP contribution < -0.4 is 9.62 Å². The Balaban J connectivity index is 1.31. The molecule has 5 rings (SSSR count). The number of H-pyrrole nitrogens is 1. The van der Waals surface area contributed by atoms with Gasteiger partial charge in [0.1, 0.15) is 9.25 Å². The van der Waals surface area contributed by atoms with Gasteiger partial charge in [-0.2, -0.15) is 0 Å². The van der Waals surface area contributed by atoms with Crippen molar-refractivity contribution in [3.8, 4) is 0 Å². The molecule has 0 spiro atoms. The number of hydrogen-bond acceptors (Lipinski definition) is 7. The van der Waals surface area contributed by atoms with Gasteiger partial charge in [-0.05, 0) is 37.4 Å². The van der Waals surface area contributed by atoms with Crippen LogP contribution in [0.5, 0.6) is 0 Å². The number of para-hydroxylation sites is 1. The van der Waals surface area contributed by atoms with Gasteiger partial charge in [0, 0.05) is 49.3 Å². The molecule has 0 bridgehead atoms. The molecule has 1 saturated heterocycles. The van der Waals surface area contributed by atoms with Crippen molar-refractivity contribution < 1.29 is 13.2 Å². The number of fused-ring (bicyclic) bond motifs is 1. The number of anilines is 1. The third kappa shape index (κ3) is 4.87. The molecule has 3 atom stereocenters. The van der Waals surface area contributed by atoms with Crippen molar-refractivity contribution in [3.05, 3.63) is 47.5 Å². The van der Waals surface area contributed by atoms with Crippen LogP contribution in [0.25, 0.3) is 10.9 Å². The lowest BCUT2D eigenvalue weighted by atomic mass is 10.1. The van der Waals surface area contributed by atoms with Crippen molar-refractivity contribution in [2.75, 3.05) is 31.0 Å². The van der Waals surface area contributed by atoms with E-state index >= 15 is 0 Å². The van der Waals surface area contributed by atoms with Gasteiger partial charge in [-0.15, -0.1) is 11.3 Å². The molecule has 2 N–H and O–H groups in total. The fourth-order valence-electron chi connectivity index (χ4n) is 4.72.